The summed E-state index contributed by atoms with van der Waals surface area (Å²) in [6, 6.07) is -1.75. The molecule has 0 aromatic rings. The van der Waals surface area contributed by atoms with E-state index in [2.05, 4.69) is 0 Å². The highest BCUT2D eigenvalue weighted by Gasteiger charge is 2.66. The number of carbonyl (C=O) groups excluding carboxylic acids is 3. The number of amides is 2. The Morgan fingerprint density at radius 1 is 1.38 bits per heavy atom. The molecular formula is C9H12N2O5. The molecule has 0 spiro atoms. The van der Waals surface area contributed by atoms with Gasteiger partial charge in [-0.2, -0.15) is 0 Å². The predicted octanol–water partition coefficient (Wildman–Crippen LogP) is -0.859. The highest BCUT2D eigenvalue weighted by molar-refractivity contribution is 6.41. The minimum Gasteiger partial charge on any atom is -0.479 e. The molecule has 0 saturated heterocycles. The number of carboxylic acids is 1. The number of primary amides is 1. The number of urea groups is 1. The van der Waals surface area contributed by atoms with Gasteiger partial charge in [-0.05, 0) is 13.8 Å². The first-order chi connectivity index (χ1) is 7.26. The summed E-state index contributed by atoms with van der Waals surface area (Å²) in [5, 5.41) is 9.00. The SMILES string of the molecule is CC(C)N(C(N)=O)C1(C(=O)O)C(=O)CC1=O. The van der Waals surface area contributed by atoms with Crippen molar-refractivity contribution in [3.8, 4) is 0 Å². The standard InChI is InChI=1S/C9H12N2O5/c1-4(2)11(8(10)16)9(7(14)15)5(12)3-6(9)13/h4H,3H2,1-2H3,(H2,10,16)(H,14,15). The second-order valence-corrected chi connectivity index (χ2v) is 3.84. The van der Waals surface area contributed by atoms with Crippen LogP contribution in [0.2, 0.25) is 0 Å². The van der Waals surface area contributed by atoms with E-state index < -0.39 is 41.6 Å². The van der Waals surface area contributed by atoms with Crippen molar-refractivity contribution in [1.29, 1.82) is 0 Å². The van der Waals surface area contributed by atoms with Crippen molar-refractivity contribution < 1.29 is 24.3 Å². The lowest BCUT2D eigenvalue weighted by atomic mass is 9.72. The number of hydrogen-bond donors (Lipinski definition) is 2. The van der Waals surface area contributed by atoms with Crippen LogP contribution in [0.3, 0.4) is 0 Å². The largest absolute Gasteiger partial charge is 0.479 e. The fourth-order valence-corrected chi connectivity index (χ4v) is 1.87. The lowest BCUT2D eigenvalue weighted by Crippen LogP contribution is -2.75. The molecule has 88 valence electrons. The molecule has 3 N–H and O–H groups in total. The van der Waals surface area contributed by atoms with Gasteiger partial charge < -0.3 is 10.8 Å². The van der Waals surface area contributed by atoms with Crippen LogP contribution in [0.1, 0.15) is 20.3 Å². The summed E-state index contributed by atoms with van der Waals surface area (Å²) in [7, 11) is 0. The molecular weight excluding hydrogens is 216 g/mol. The third-order valence-corrected chi connectivity index (χ3v) is 2.55. The van der Waals surface area contributed by atoms with Crippen molar-refractivity contribution in [3.63, 3.8) is 0 Å². The Hall–Kier alpha value is -1.92. The van der Waals surface area contributed by atoms with Gasteiger partial charge in [0, 0.05) is 6.04 Å². The first-order valence-electron chi connectivity index (χ1n) is 4.65. The Morgan fingerprint density at radius 2 is 1.81 bits per heavy atom. The Morgan fingerprint density at radius 3 is 1.94 bits per heavy atom. The number of nitrogens with two attached hydrogens (primary N) is 1. The third kappa shape index (κ3) is 1.28. The Balaban J connectivity index is 3.31. The molecule has 0 unspecified atom stereocenters. The van der Waals surface area contributed by atoms with Crippen molar-refractivity contribution in [3.05, 3.63) is 0 Å². The number of aliphatic carboxylic acids is 1. The van der Waals surface area contributed by atoms with Gasteiger partial charge in [0.05, 0.1) is 6.42 Å². The third-order valence-electron chi connectivity index (χ3n) is 2.55. The number of nitrogens with zero attached hydrogens (tertiary/aromatic N) is 1. The molecule has 0 heterocycles. The lowest BCUT2D eigenvalue weighted by molar-refractivity contribution is -0.169. The quantitative estimate of drug-likeness (QED) is 0.609. The summed E-state index contributed by atoms with van der Waals surface area (Å²) in [6.07, 6.45) is -0.469. The average Bonchev–Trinajstić information content (AvgIpc) is 2.11. The van der Waals surface area contributed by atoms with Crippen LogP contribution in [0.15, 0.2) is 0 Å². The number of ketones is 2. The van der Waals surface area contributed by atoms with Gasteiger partial charge in [0.25, 0.3) is 5.54 Å². The van der Waals surface area contributed by atoms with Gasteiger partial charge in [0.15, 0.2) is 11.6 Å². The zero-order valence-electron chi connectivity index (χ0n) is 8.89. The molecule has 2 amide bonds. The molecule has 16 heavy (non-hydrogen) atoms. The van der Waals surface area contributed by atoms with Crippen molar-refractivity contribution in [2.45, 2.75) is 31.8 Å². The van der Waals surface area contributed by atoms with Gasteiger partial charge >= 0.3 is 12.0 Å². The topological polar surface area (TPSA) is 118 Å². The van der Waals surface area contributed by atoms with Crippen LogP contribution in [0, 0.1) is 0 Å². The highest BCUT2D eigenvalue weighted by atomic mass is 16.4. The minimum absolute atomic E-state index is 0.469. The van der Waals surface area contributed by atoms with Crippen LogP contribution in [-0.4, -0.2) is 45.2 Å². The monoisotopic (exact) mass is 228 g/mol. The van der Waals surface area contributed by atoms with E-state index in [0.717, 1.165) is 0 Å². The van der Waals surface area contributed by atoms with Crippen LogP contribution < -0.4 is 5.73 Å². The van der Waals surface area contributed by atoms with Crippen molar-refractivity contribution >= 4 is 23.6 Å². The maximum atomic E-state index is 11.4. The van der Waals surface area contributed by atoms with Gasteiger partial charge in [0.2, 0.25) is 0 Å². The highest BCUT2D eigenvalue weighted by Crippen LogP contribution is 2.32. The van der Waals surface area contributed by atoms with Crippen molar-refractivity contribution in [1.82, 2.24) is 4.90 Å². The molecule has 1 aliphatic rings. The molecule has 0 radical (unpaired) electrons. The Labute approximate surface area is 91.2 Å². The average molecular weight is 228 g/mol. The van der Waals surface area contributed by atoms with Gasteiger partial charge in [-0.3, -0.25) is 14.5 Å². The Kier molecular flexibility index (Phi) is 2.72. The van der Waals surface area contributed by atoms with E-state index in [1.165, 1.54) is 13.8 Å². The molecule has 0 atom stereocenters. The van der Waals surface area contributed by atoms with Gasteiger partial charge in [-0.25, -0.2) is 9.59 Å². The smallest absolute Gasteiger partial charge is 0.345 e. The molecule has 0 bridgehead atoms. The fraction of sp³-hybridized carbons (Fsp3) is 0.556. The summed E-state index contributed by atoms with van der Waals surface area (Å²) in [6.45, 7) is 2.96. The maximum absolute atomic E-state index is 11.4. The van der Waals surface area contributed by atoms with Crippen LogP contribution in [-0.2, 0) is 14.4 Å². The van der Waals surface area contributed by atoms with E-state index in [1.807, 2.05) is 0 Å². The molecule has 1 aliphatic carbocycles. The molecule has 7 heteroatoms. The lowest BCUT2D eigenvalue weighted by Gasteiger charge is -2.44. The summed E-state index contributed by atoms with van der Waals surface area (Å²) < 4.78 is 0. The number of carboxylic acid groups (broad SMARTS) is 1. The minimum atomic E-state index is -2.40. The molecule has 0 aliphatic heterocycles. The van der Waals surface area contributed by atoms with Crippen molar-refractivity contribution in [2.75, 3.05) is 0 Å². The predicted molar refractivity (Wildman–Crippen MR) is 51.6 cm³/mol. The summed E-state index contributed by atoms with van der Waals surface area (Å²) in [5.74, 6) is -3.27. The summed E-state index contributed by atoms with van der Waals surface area (Å²) in [4.78, 5) is 45.7. The first kappa shape index (κ1) is 12.2. The molecule has 1 rings (SSSR count). The zero-order valence-corrected chi connectivity index (χ0v) is 8.89. The molecule has 7 nitrogen and oxygen atoms in total. The second-order valence-electron chi connectivity index (χ2n) is 3.84. The fourth-order valence-electron chi connectivity index (χ4n) is 1.87. The Bertz CT molecular complexity index is 360. The molecule has 0 aromatic heterocycles. The molecule has 0 aromatic carbocycles. The van der Waals surface area contributed by atoms with Gasteiger partial charge in [-0.15, -0.1) is 0 Å². The molecule has 1 fully saturated rings. The van der Waals surface area contributed by atoms with Gasteiger partial charge in [-0.1, -0.05) is 0 Å². The van der Waals surface area contributed by atoms with Crippen LogP contribution in [0.4, 0.5) is 4.79 Å². The molecule has 1 saturated carbocycles. The van der Waals surface area contributed by atoms with Crippen LogP contribution >= 0.6 is 0 Å². The summed E-state index contributed by atoms with van der Waals surface area (Å²) >= 11 is 0. The normalized spacial score (nSPS) is 18.2. The van der Waals surface area contributed by atoms with Gasteiger partial charge in [0.1, 0.15) is 0 Å². The second kappa shape index (κ2) is 3.58. The van der Waals surface area contributed by atoms with Crippen LogP contribution in [0.5, 0.6) is 0 Å². The first-order valence-corrected chi connectivity index (χ1v) is 4.65. The summed E-state index contributed by atoms with van der Waals surface area (Å²) in [5.41, 5.74) is 2.61. The van der Waals surface area contributed by atoms with E-state index in [1.54, 1.807) is 0 Å². The number of Topliss-reactive ketones (excluding diaryl/α,β-unsaturated/α-hetero) is 2. The number of carbonyl (C=O) groups is 4. The van der Waals surface area contributed by atoms with E-state index in [0.29, 0.717) is 4.90 Å². The van der Waals surface area contributed by atoms with Crippen LogP contribution in [0.25, 0.3) is 0 Å². The van der Waals surface area contributed by atoms with Crippen molar-refractivity contribution in [2.24, 2.45) is 5.73 Å². The van der Waals surface area contributed by atoms with E-state index >= 15 is 0 Å². The zero-order chi connectivity index (χ0) is 12.7. The number of hydrogen-bond acceptors (Lipinski definition) is 4. The maximum Gasteiger partial charge on any atom is 0.345 e. The van der Waals surface area contributed by atoms with E-state index in [-0.39, 0.29) is 0 Å². The number of rotatable bonds is 3. The van der Waals surface area contributed by atoms with E-state index in [4.69, 9.17) is 10.8 Å². The van der Waals surface area contributed by atoms with E-state index in [9.17, 15) is 19.2 Å².